The summed E-state index contributed by atoms with van der Waals surface area (Å²) in [6.07, 6.45) is 4.15. The molecule has 0 aliphatic carbocycles. The number of hydrogen-bond donors (Lipinski definition) is 1. The van der Waals surface area contributed by atoms with Crippen molar-refractivity contribution in [2.75, 3.05) is 19.7 Å². The minimum Gasteiger partial charge on any atom is -0.353 e. The molecule has 9 heteroatoms. The van der Waals surface area contributed by atoms with Crippen LogP contribution in [0, 0.1) is 6.92 Å². The Labute approximate surface area is 226 Å². The highest BCUT2D eigenvalue weighted by molar-refractivity contribution is 6.30. The van der Waals surface area contributed by atoms with E-state index in [-0.39, 0.29) is 24.3 Å². The van der Waals surface area contributed by atoms with Crippen LogP contribution < -0.4 is 5.32 Å². The van der Waals surface area contributed by atoms with Gasteiger partial charge in [0, 0.05) is 61.0 Å². The Morgan fingerprint density at radius 1 is 1.03 bits per heavy atom. The second-order valence-corrected chi connectivity index (χ2v) is 10.1. The number of hydrogen-bond acceptors (Lipinski definition) is 5. The topological polar surface area (TPSA) is 91.8 Å². The van der Waals surface area contributed by atoms with Crippen LogP contribution in [0.4, 0.5) is 0 Å². The van der Waals surface area contributed by atoms with Crippen LogP contribution in [0.2, 0.25) is 5.02 Å². The summed E-state index contributed by atoms with van der Waals surface area (Å²) in [5, 5.41) is 3.43. The van der Waals surface area contributed by atoms with Gasteiger partial charge in [-0.1, -0.05) is 41.4 Å². The Bertz CT molecular complexity index is 1320. The molecule has 196 valence electrons. The Kier molecular flexibility index (Phi) is 7.44. The Hall–Kier alpha value is -3.75. The molecule has 5 rings (SSSR count). The van der Waals surface area contributed by atoms with Gasteiger partial charge in [-0.2, -0.15) is 0 Å². The molecule has 3 heterocycles. The number of halogens is 1. The summed E-state index contributed by atoms with van der Waals surface area (Å²) >= 11 is 6.08. The lowest BCUT2D eigenvalue weighted by Crippen LogP contribution is -2.59. The van der Waals surface area contributed by atoms with Gasteiger partial charge in [-0.15, -0.1) is 0 Å². The normalized spacial score (nSPS) is 18.4. The molecule has 0 bridgehead atoms. The first-order chi connectivity index (χ1) is 18.4. The van der Waals surface area contributed by atoms with Crippen molar-refractivity contribution < 1.29 is 19.1 Å². The average Bonchev–Trinajstić information content (AvgIpc) is 3.30. The van der Waals surface area contributed by atoms with Crippen molar-refractivity contribution in [3.8, 4) is 0 Å². The molecule has 0 radical (unpaired) electrons. The van der Waals surface area contributed by atoms with Crippen LogP contribution in [-0.2, 0) is 16.1 Å². The minimum absolute atomic E-state index is 0.0821. The van der Waals surface area contributed by atoms with Gasteiger partial charge >= 0.3 is 0 Å². The fourth-order valence-electron chi connectivity index (χ4n) is 5.08. The molecule has 1 spiro atoms. The molecular weight excluding hydrogens is 504 g/mol. The van der Waals surface area contributed by atoms with Crippen molar-refractivity contribution in [2.24, 2.45) is 0 Å². The van der Waals surface area contributed by atoms with Crippen molar-refractivity contribution in [1.29, 1.82) is 0 Å². The molecule has 2 saturated heterocycles. The number of amides is 3. The highest BCUT2D eigenvalue weighted by atomic mass is 35.5. The zero-order valence-electron chi connectivity index (χ0n) is 21.1. The van der Waals surface area contributed by atoms with E-state index < -0.39 is 11.8 Å². The van der Waals surface area contributed by atoms with Crippen LogP contribution >= 0.6 is 11.6 Å². The van der Waals surface area contributed by atoms with E-state index in [2.05, 4.69) is 10.3 Å². The summed E-state index contributed by atoms with van der Waals surface area (Å²) in [6, 6.07) is 17.0. The summed E-state index contributed by atoms with van der Waals surface area (Å²) in [4.78, 5) is 47.7. The van der Waals surface area contributed by atoms with Crippen molar-refractivity contribution in [2.45, 2.75) is 38.1 Å². The zero-order chi connectivity index (χ0) is 26.7. The first-order valence-electron chi connectivity index (χ1n) is 12.6. The van der Waals surface area contributed by atoms with Gasteiger partial charge in [-0.25, -0.2) is 0 Å². The predicted octanol–water partition coefficient (Wildman–Crippen LogP) is 3.83. The maximum absolute atomic E-state index is 13.9. The summed E-state index contributed by atoms with van der Waals surface area (Å²) in [7, 11) is 0. The van der Waals surface area contributed by atoms with Gasteiger partial charge in [0.15, 0.2) is 0 Å². The van der Waals surface area contributed by atoms with E-state index in [4.69, 9.17) is 16.3 Å². The number of aryl methyl sites for hydroxylation is 1. The lowest BCUT2D eigenvalue weighted by molar-refractivity contribution is -0.128. The fourth-order valence-corrected chi connectivity index (χ4v) is 5.27. The third-order valence-electron chi connectivity index (χ3n) is 7.17. The molecule has 1 atom stereocenters. The maximum atomic E-state index is 13.9. The molecule has 1 unspecified atom stereocenters. The molecule has 38 heavy (non-hydrogen) atoms. The molecular formula is C29H29ClN4O4. The Morgan fingerprint density at radius 3 is 2.47 bits per heavy atom. The molecule has 8 nitrogen and oxygen atoms in total. The molecule has 1 aromatic heterocycles. The average molecular weight is 533 g/mol. The number of carbonyl (C=O) groups is 3. The first kappa shape index (κ1) is 25.9. The quantitative estimate of drug-likeness (QED) is 0.539. The second kappa shape index (κ2) is 10.9. The van der Waals surface area contributed by atoms with E-state index in [1.807, 2.05) is 25.1 Å². The van der Waals surface area contributed by atoms with Gasteiger partial charge in [0.2, 0.25) is 5.91 Å². The van der Waals surface area contributed by atoms with Gasteiger partial charge in [-0.05, 0) is 48.9 Å². The molecule has 2 fully saturated rings. The fraction of sp³-hybridized carbons (Fsp3) is 0.310. The summed E-state index contributed by atoms with van der Waals surface area (Å²) in [5.41, 5.74) is 1.92. The number of pyridine rings is 1. The maximum Gasteiger partial charge on any atom is 0.256 e. The number of likely N-dealkylation sites (tertiary alicyclic amines) is 1. The molecule has 2 aliphatic rings. The molecule has 1 N–H and O–H groups in total. The SMILES string of the molecule is Cc1ccc(C(=O)N2C(C(=O)NCc3cccnc3)COC23CCN(C(=O)c2cccc(Cl)c2)CC3)cc1. The van der Waals surface area contributed by atoms with Crippen LogP contribution in [-0.4, -0.2) is 64.0 Å². The van der Waals surface area contributed by atoms with Crippen LogP contribution in [0.5, 0.6) is 0 Å². The van der Waals surface area contributed by atoms with E-state index in [0.29, 0.717) is 48.6 Å². The third kappa shape index (κ3) is 5.28. The summed E-state index contributed by atoms with van der Waals surface area (Å²) in [5.74, 6) is -0.676. The van der Waals surface area contributed by atoms with Gasteiger partial charge in [-0.3, -0.25) is 24.3 Å². The van der Waals surface area contributed by atoms with Gasteiger partial charge < -0.3 is 15.0 Å². The zero-order valence-corrected chi connectivity index (χ0v) is 21.9. The van der Waals surface area contributed by atoms with Crippen molar-refractivity contribution in [3.63, 3.8) is 0 Å². The number of aromatic nitrogens is 1. The molecule has 3 amide bonds. The monoisotopic (exact) mass is 532 g/mol. The van der Waals surface area contributed by atoms with Crippen LogP contribution in [0.15, 0.2) is 73.1 Å². The second-order valence-electron chi connectivity index (χ2n) is 9.70. The number of rotatable bonds is 5. The Balaban J connectivity index is 1.36. The first-order valence-corrected chi connectivity index (χ1v) is 13.0. The molecule has 2 aromatic carbocycles. The van der Waals surface area contributed by atoms with Gasteiger partial charge in [0.05, 0.1) is 6.61 Å². The van der Waals surface area contributed by atoms with E-state index in [0.717, 1.165) is 11.1 Å². The van der Waals surface area contributed by atoms with Crippen molar-refractivity contribution >= 4 is 29.3 Å². The Morgan fingerprint density at radius 2 is 1.79 bits per heavy atom. The van der Waals surface area contributed by atoms with E-state index in [1.165, 1.54) is 0 Å². The van der Waals surface area contributed by atoms with Crippen molar-refractivity contribution in [3.05, 3.63) is 100 Å². The van der Waals surface area contributed by atoms with Crippen LogP contribution in [0.25, 0.3) is 0 Å². The molecule has 3 aromatic rings. The van der Waals surface area contributed by atoms with Crippen LogP contribution in [0.1, 0.15) is 44.7 Å². The van der Waals surface area contributed by atoms with E-state index >= 15 is 0 Å². The number of benzene rings is 2. The highest BCUT2D eigenvalue weighted by Crippen LogP contribution is 2.39. The number of piperidine rings is 1. The molecule has 0 saturated carbocycles. The van der Waals surface area contributed by atoms with E-state index in [9.17, 15) is 14.4 Å². The predicted molar refractivity (Wildman–Crippen MR) is 142 cm³/mol. The van der Waals surface area contributed by atoms with Crippen molar-refractivity contribution in [1.82, 2.24) is 20.1 Å². The highest BCUT2D eigenvalue weighted by Gasteiger charge is 2.54. The summed E-state index contributed by atoms with van der Waals surface area (Å²) < 4.78 is 6.27. The number of ether oxygens (including phenoxy) is 1. The third-order valence-corrected chi connectivity index (χ3v) is 7.41. The lowest BCUT2D eigenvalue weighted by Gasteiger charge is -2.44. The molecule has 2 aliphatic heterocycles. The van der Waals surface area contributed by atoms with Gasteiger partial charge in [0.25, 0.3) is 11.8 Å². The lowest BCUT2D eigenvalue weighted by atomic mass is 9.96. The largest absolute Gasteiger partial charge is 0.353 e. The number of carbonyl (C=O) groups excluding carboxylic acids is 3. The summed E-state index contributed by atoms with van der Waals surface area (Å²) in [6.45, 7) is 3.10. The number of nitrogens with zero attached hydrogens (tertiary/aromatic N) is 3. The van der Waals surface area contributed by atoms with Crippen LogP contribution in [0.3, 0.4) is 0 Å². The standard InChI is InChI=1S/C29H29ClN4O4/c1-20-7-9-22(10-8-20)28(37)34-25(26(35)32-18-21-4-3-13-31-17-21)19-38-29(34)11-14-33(15-12-29)27(36)23-5-2-6-24(30)16-23/h2-10,13,16-17,25H,11-12,14-15,18-19H2,1H3,(H,32,35). The smallest absolute Gasteiger partial charge is 0.256 e. The van der Waals surface area contributed by atoms with Gasteiger partial charge in [0.1, 0.15) is 11.8 Å². The van der Waals surface area contributed by atoms with E-state index in [1.54, 1.807) is 64.7 Å². The minimum atomic E-state index is -0.983. The number of nitrogens with one attached hydrogen (secondary N) is 1.